The van der Waals surface area contributed by atoms with E-state index in [1.807, 2.05) is 70.2 Å². The second-order valence-corrected chi connectivity index (χ2v) is 13.4. The number of nitrogens with zero attached hydrogens (tertiary/aromatic N) is 3. The summed E-state index contributed by atoms with van der Waals surface area (Å²) in [6.45, 7) is 7.93. The first kappa shape index (κ1) is 35.0. The minimum atomic E-state index is -0.983. The molecule has 1 aliphatic carbocycles. The Labute approximate surface area is 273 Å². The Kier molecular flexibility index (Phi) is 12.7. The number of benzene rings is 1. The molecule has 1 aliphatic rings. The third-order valence-electron chi connectivity index (χ3n) is 9.71. The first-order valence-corrected chi connectivity index (χ1v) is 16.9. The molecule has 0 saturated heterocycles. The van der Waals surface area contributed by atoms with E-state index in [-0.39, 0.29) is 36.6 Å². The van der Waals surface area contributed by atoms with Gasteiger partial charge in [-0.25, -0.2) is 0 Å². The van der Waals surface area contributed by atoms with Crippen molar-refractivity contribution < 1.29 is 19.5 Å². The summed E-state index contributed by atoms with van der Waals surface area (Å²) in [5, 5.41) is 15.8. The molecule has 4 rings (SSSR count). The summed E-state index contributed by atoms with van der Waals surface area (Å²) >= 11 is 0. The third-order valence-corrected chi connectivity index (χ3v) is 9.71. The number of nitrogens with two attached hydrogens (primary N) is 1. The lowest BCUT2D eigenvalue weighted by Gasteiger charge is -2.38. The van der Waals surface area contributed by atoms with Gasteiger partial charge in [0.1, 0.15) is 6.04 Å². The van der Waals surface area contributed by atoms with E-state index in [4.69, 9.17) is 5.73 Å². The lowest BCUT2D eigenvalue weighted by molar-refractivity contribution is -0.147. The number of amides is 3. The molecular formula is C37H51N5O4. The number of hydrogen-bond donors (Lipinski definition) is 3. The predicted octanol–water partition coefficient (Wildman–Crippen LogP) is 5.65. The fraction of sp³-hybridized carbons (Fsp3) is 0.541. The number of primary amides is 1. The van der Waals surface area contributed by atoms with Crippen LogP contribution in [0.2, 0.25) is 0 Å². The van der Waals surface area contributed by atoms with Crippen molar-refractivity contribution in [2.75, 3.05) is 0 Å². The highest BCUT2D eigenvalue weighted by molar-refractivity contribution is 5.97. The number of aliphatic hydroxyl groups is 1. The van der Waals surface area contributed by atoms with Gasteiger partial charge in [0.25, 0.3) is 5.91 Å². The van der Waals surface area contributed by atoms with Gasteiger partial charge in [-0.2, -0.15) is 0 Å². The van der Waals surface area contributed by atoms with Crippen molar-refractivity contribution in [1.29, 1.82) is 0 Å². The van der Waals surface area contributed by atoms with Crippen LogP contribution in [0.1, 0.15) is 95.1 Å². The Morgan fingerprint density at radius 2 is 1.74 bits per heavy atom. The highest BCUT2D eigenvalue weighted by Gasteiger charge is 2.39. The molecule has 0 unspecified atom stereocenters. The number of fused-ring (bicyclic) bond motifs is 1. The van der Waals surface area contributed by atoms with E-state index >= 15 is 0 Å². The SMILES string of the molecule is CC[C@H](C)[C@@H](C(N)=O)N(Cc1ccccn1)C(=O)[C@@H](C[C@H](O)[C@H](CC1CCCCC1)NC(=O)c1cnc2ccccc2c1)C(C)C. The van der Waals surface area contributed by atoms with Gasteiger partial charge in [0.05, 0.1) is 35.5 Å². The highest BCUT2D eigenvalue weighted by Crippen LogP contribution is 2.31. The minimum absolute atomic E-state index is 0.133. The van der Waals surface area contributed by atoms with Crippen molar-refractivity contribution in [2.45, 2.75) is 104 Å². The molecule has 1 saturated carbocycles. The molecule has 1 fully saturated rings. The summed E-state index contributed by atoms with van der Waals surface area (Å²) in [5.74, 6) is -1.66. The van der Waals surface area contributed by atoms with Crippen LogP contribution < -0.4 is 11.1 Å². The zero-order valence-corrected chi connectivity index (χ0v) is 27.8. The van der Waals surface area contributed by atoms with E-state index in [9.17, 15) is 19.5 Å². The van der Waals surface area contributed by atoms with Crippen LogP contribution in [0.4, 0.5) is 0 Å². The maximum Gasteiger partial charge on any atom is 0.253 e. The molecule has 0 radical (unpaired) electrons. The van der Waals surface area contributed by atoms with Crippen molar-refractivity contribution >= 4 is 28.6 Å². The van der Waals surface area contributed by atoms with Crippen LogP contribution in [0, 0.1) is 23.7 Å². The fourth-order valence-electron chi connectivity index (χ4n) is 6.78. The van der Waals surface area contributed by atoms with Crippen molar-refractivity contribution in [3.8, 4) is 0 Å². The lowest BCUT2D eigenvalue weighted by atomic mass is 9.80. The van der Waals surface area contributed by atoms with E-state index in [1.165, 1.54) is 6.42 Å². The summed E-state index contributed by atoms with van der Waals surface area (Å²) in [6.07, 6.45) is 9.24. The first-order valence-electron chi connectivity index (χ1n) is 16.9. The topological polar surface area (TPSA) is 139 Å². The molecular weight excluding hydrogens is 578 g/mol. The number of aliphatic hydroxyl groups excluding tert-OH is 1. The molecule has 248 valence electrons. The number of aromatic nitrogens is 2. The lowest BCUT2D eigenvalue weighted by Crippen LogP contribution is -2.54. The molecule has 9 heteroatoms. The molecule has 46 heavy (non-hydrogen) atoms. The number of carbonyl (C=O) groups excluding carboxylic acids is 3. The van der Waals surface area contributed by atoms with Gasteiger partial charge in [0.2, 0.25) is 11.8 Å². The summed E-state index contributed by atoms with van der Waals surface area (Å²) in [5.41, 5.74) is 7.81. The Morgan fingerprint density at radius 3 is 2.39 bits per heavy atom. The van der Waals surface area contributed by atoms with E-state index in [0.29, 0.717) is 30.0 Å². The molecule has 2 heterocycles. The predicted molar refractivity (Wildman–Crippen MR) is 180 cm³/mol. The molecule has 9 nitrogen and oxygen atoms in total. The van der Waals surface area contributed by atoms with Crippen LogP contribution >= 0.6 is 0 Å². The Balaban J connectivity index is 1.60. The van der Waals surface area contributed by atoms with Crippen molar-refractivity contribution in [2.24, 2.45) is 29.4 Å². The maximum atomic E-state index is 14.5. The zero-order valence-electron chi connectivity index (χ0n) is 27.8. The average Bonchev–Trinajstić information content (AvgIpc) is 3.06. The quantitative estimate of drug-likeness (QED) is 0.199. The smallest absolute Gasteiger partial charge is 0.253 e. The van der Waals surface area contributed by atoms with E-state index in [0.717, 1.165) is 36.6 Å². The number of nitrogens with one attached hydrogen (secondary N) is 1. The van der Waals surface area contributed by atoms with Crippen LogP contribution in [-0.2, 0) is 16.1 Å². The first-order chi connectivity index (χ1) is 22.1. The van der Waals surface area contributed by atoms with E-state index < -0.39 is 30.0 Å². The summed E-state index contributed by atoms with van der Waals surface area (Å²) < 4.78 is 0. The highest BCUT2D eigenvalue weighted by atomic mass is 16.3. The standard InChI is InChI=1S/C37H51N5O4/c1-5-25(4)34(35(38)44)42(23-29-16-11-12-18-39-29)37(46)30(24(2)3)21-33(43)32(19-26-13-7-6-8-14-26)41-36(45)28-20-27-15-9-10-17-31(27)40-22-28/h9-12,15-18,20,22,24-26,30,32-34,43H,5-8,13-14,19,21,23H2,1-4H3,(H2,38,44)(H,41,45)/t25-,30-,32-,33-,34-/m0/s1. The second-order valence-electron chi connectivity index (χ2n) is 13.4. The van der Waals surface area contributed by atoms with Gasteiger partial charge in [-0.3, -0.25) is 24.4 Å². The largest absolute Gasteiger partial charge is 0.391 e. The van der Waals surface area contributed by atoms with Crippen molar-refractivity contribution in [3.05, 3.63) is 72.2 Å². The van der Waals surface area contributed by atoms with Crippen LogP contribution in [0.5, 0.6) is 0 Å². The number of hydrogen-bond acceptors (Lipinski definition) is 6. The molecule has 1 aromatic carbocycles. The summed E-state index contributed by atoms with van der Waals surface area (Å²) in [7, 11) is 0. The molecule has 0 bridgehead atoms. The molecule has 5 atom stereocenters. The summed E-state index contributed by atoms with van der Waals surface area (Å²) in [6, 6.07) is 13.5. The second kappa shape index (κ2) is 16.6. The van der Waals surface area contributed by atoms with Gasteiger partial charge >= 0.3 is 0 Å². The van der Waals surface area contributed by atoms with E-state index in [1.54, 1.807) is 23.4 Å². The fourth-order valence-corrected chi connectivity index (χ4v) is 6.78. The Morgan fingerprint density at radius 1 is 1.02 bits per heavy atom. The number of para-hydroxylation sites is 1. The molecule has 4 N–H and O–H groups in total. The maximum absolute atomic E-state index is 14.5. The van der Waals surface area contributed by atoms with E-state index in [2.05, 4.69) is 15.3 Å². The van der Waals surface area contributed by atoms with Gasteiger partial charge < -0.3 is 21.1 Å². The van der Waals surface area contributed by atoms with Crippen LogP contribution in [0.3, 0.4) is 0 Å². The van der Waals surface area contributed by atoms with Gasteiger partial charge in [0, 0.05) is 23.7 Å². The zero-order chi connectivity index (χ0) is 33.2. The summed E-state index contributed by atoms with van der Waals surface area (Å²) in [4.78, 5) is 51.3. The molecule has 2 aromatic heterocycles. The van der Waals surface area contributed by atoms with Crippen LogP contribution in [0.25, 0.3) is 10.9 Å². The van der Waals surface area contributed by atoms with Gasteiger partial charge in [-0.15, -0.1) is 0 Å². The van der Waals surface area contributed by atoms with Gasteiger partial charge in [-0.1, -0.05) is 90.5 Å². The molecule has 3 aromatic rings. The van der Waals surface area contributed by atoms with Gasteiger partial charge in [-0.05, 0) is 54.9 Å². The van der Waals surface area contributed by atoms with Crippen LogP contribution in [-0.4, -0.2) is 55.9 Å². The number of rotatable bonds is 15. The number of pyridine rings is 2. The number of carbonyl (C=O) groups is 3. The molecule has 3 amide bonds. The monoisotopic (exact) mass is 629 g/mol. The normalized spacial score (nSPS) is 17.2. The molecule has 0 aliphatic heterocycles. The average molecular weight is 630 g/mol. The minimum Gasteiger partial charge on any atom is -0.391 e. The van der Waals surface area contributed by atoms with Crippen molar-refractivity contribution in [1.82, 2.24) is 20.2 Å². The Bertz CT molecular complexity index is 1440. The van der Waals surface area contributed by atoms with Crippen LogP contribution in [0.15, 0.2) is 60.9 Å². The third kappa shape index (κ3) is 9.12. The molecule has 0 spiro atoms. The van der Waals surface area contributed by atoms with Gasteiger partial charge in [0.15, 0.2) is 0 Å². The van der Waals surface area contributed by atoms with Crippen molar-refractivity contribution in [3.63, 3.8) is 0 Å². The Hall–Kier alpha value is -3.85.